The van der Waals surface area contributed by atoms with E-state index in [2.05, 4.69) is 10.0 Å². The number of rotatable bonds is 9. The molecule has 0 saturated carbocycles. The van der Waals surface area contributed by atoms with Crippen molar-refractivity contribution in [2.24, 2.45) is 0 Å². The van der Waals surface area contributed by atoms with Crippen LogP contribution in [0.4, 0.5) is 24.5 Å². The molecule has 14 heteroatoms. The second-order valence-electron chi connectivity index (χ2n) is 6.60. The van der Waals surface area contributed by atoms with Gasteiger partial charge < -0.3 is 15.2 Å². The average molecular weight is 529 g/mol. The molecule has 0 heterocycles. The van der Waals surface area contributed by atoms with Crippen LogP contribution in [0.1, 0.15) is 24.5 Å². The van der Waals surface area contributed by atoms with Gasteiger partial charge in [0.2, 0.25) is 15.9 Å². The van der Waals surface area contributed by atoms with Crippen LogP contribution in [-0.4, -0.2) is 31.2 Å². The maximum absolute atomic E-state index is 13.3. The molecule has 3 N–H and O–H groups in total. The van der Waals surface area contributed by atoms with Gasteiger partial charge in [-0.3, -0.25) is 14.3 Å². The lowest BCUT2D eigenvalue weighted by Crippen LogP contribution is -2.16. The van der Waals surface area contributed by atoms with Gasteiger partial charge in [0.05, 0.1) is 21.4 Å². The molecule has 0 spiro atoms. The van der Waals surface area contributed by atoms with Gasteiger partial charge in [0.15, 0.2) is 5.75 Å². The van der Waals surface area contributed by atoms with Crippen molar-refractivity contribution in [3.8, 4) is 5.75 Å². The molecule has 33 heavy (non-hydrogen) atoms. The Morgan fingerprint density at radius 3 is 2.18 bits per heavy atom. The number of carboxylic acids is 1. The summed E-state index contributed by atoms with van der Waals surface area (Å²) in [6.45, 7) is 0.882. The first-order valence-corrected chi connectivity index (χ1v) is 11.5. The van der Waals surface area contributed by atoms with E-state index in [1.54, 1.807) is 0 Å². The molecule has 0 aliphatic rings. The van der Waals surface area contributed by atoms with Crippen LogP contribution in [0.5, 0.6) is 5.75 Å². The minimum atomic E-state index is -4.74. The van der Waals surface area contributed by atoms with E-state index in [1.165, 1.54) is 25.1 Å². The number of carboxylic acid groups (broad SMARTS) is 1. The van der Waals surface area contributed by atoms with E-state index in [0.717, 1.165) is 6.07 Å². The Hall–Kier alpha value is -2.70. The van der Waals surface area contributed by atoms with E-state index in [4.69, 9.17) is 33.0 Å². The van der Waals surface area contributed by atoms with Gasteiger partial charge in [-0.05, 0) is 42.8 Å². The van der Waals surface area contributed by atoms with Crippen molar-refractivity contribution in [2.75, 3.05) is 15.8 Å². The molecule has 2 aromatic carbocycles. The average Bonchev–Trinajstić information content (AvgIpc) is 2.65. The summed E-state index contributed by atoms with van der Waals surface area (Å²) in [5.74, 6) is -2.61. The number of nitrogens with one attached hydrogen (secondary N) is 2. The minimum absolute atomic E-state index is 0.0235. The summed E-state index contributed by atoms with van der Waals surface area (Å²) >= 11 is 12.2. The summed E-state index contributed by atoms with van der Waals surface area (Å²) in [4.78, 5) is 22.1. The van der Waals surface area contributed by atoms with E-state index in [1.807, 2.05) is 0 Å². The second-order valence-corrected chi connectivity index (χ2v) is 9.42. The molecular formula is C19H17Cl2F3N2O6S. The SMILES string of the molecule is CCS(=O)(=O)Nc1cc(COc2c(Cl)cc(NC(=O)CC(=O)O)cc2Cl)cc(C(F)(F)F)c1. The first-order chi connectivity index (χ1) is 15.2. The molecule has 0 atom stereocenters. The third kappa shape index (κ3) is 7.98. The van der Waals surface area contributed by atoms with Crippen molar-refractivity contribution < 1.29 is 41.0 Å². The van der Waals surface area contributed by atoms with Crippen molar-refractivity contribution in [3.05, 3.63) is 51.5 Å². The van der Waals surface area contributed by atoms with Crippen molar-refractivity contribution in [1.82, 2.24) is 0 Å². The first kappa shape index (κ1) is 26.6. The lowest BCUT2D eigenvalue weighted by molar-refractivity contribution is -0.140. The molecular weight excluding hydrogens is 512 g/mol. The predicted molar refractivity (Wildman–Crippen MR) is 116 cm³/mol. The highest BCUT2D eigenvalue weighted by atomic mass is 35.5. The fourth-order valence-corrected chi connectivity index (χ4v) is 3.74. The molecule has 2 rings (SSSR count). The van der Waals surface area contributed by atoms with Gasteiger partial charge in [0.25, 0.3) is 0 Å². The molecule has 0 radical (unpaired) electrons. The van der Waals surface area contributed by atoms with Gasteiger partial charge in [0.1, 0.15) is 13.0 Å². The van der Waals surface area contributed by atoms with Crippen LogP contribution >= 0.6 is 23.2 Å². The molecule has 0 saturated heterocycles. The number of anilines is 2. The fraction of sp³-hybridized carbons (Fsp3) is 0.263. The Balaban J connectivity index is 2.27. The monoisotopic (exact) mass is 528 g/mol. The van der Waals surface area contributed by atoms with Crippen LogP contribution in [0.15, 0.2) is 30.3 Å². The summed E-state index contributed by atoms with van der Waals surface area (Å²) in [7, 11) is -3.83. The number of hydrogen-bond acceptors (Lipinski definition) is 5. The lowest BCUT2D eigenvalue weighted by atomic mass is 10.1. The molecule has 0 unspecified atom stereocenters. The second kappa shape index (κ2) is 10.5. The number of hydrogen-bond donors (Lipinski definition) is 3. The number of alkyl halides is 3. The molecule has 0 aliphatic heterocycles. The van der Waals surface area contributed by atoms with Crippen molar-refractivity contribution >= 4 is 56.5 Å². The zero-order valence-corrected chi connectivity index (χ0v) is 19.1. The van der Waals surface area contributed by atoms with Gasteiger partial charge in [-0.2, -0.15) is 13.2 Å². The first-order valence-electron chi connectivity index (χ1n) is 9.05. The third-order valence-corrected chi connectivity index (χ3v) is 5.82. The van der Waals surface area contributed by atoms with Crippen molar-refractivity contribution in [3.63, 3.8) is 0 Å². The number of amides is 1. The molecule has 0 bridgehead atoms. The highest BCUT2D eigenvalue weighted by molar-refractivity contribution is 7.92. The number of aliphatic carboxylic acids is 1. The Labute approximate surface area is 196 Å². The summed E-state index contributed by atoms with van der Waals surface area (Å²) in [5, 5.41) is 10.7. The largest absolute Gasteiger partial charge is 0.486 e. The maximum Gasteiger partial charge on any atom is 0.416 e. The fourth-order valence-electron chi connectivity index (χ4n) is 2.52. The Morgan fingerprint density at radius 2 is 1.67 bits per heavy atom. The maximum atomic E-state index is 13.3. The molecule has 0 aromatic heterocycles. The number of ether oxygens (including phenoxy) is 1. The summed E-state index contributed by atoms with van der Waals surface area (Å²) in [6, 6.07) is 5.05. The number of sulfonamides is 1. The van der Waals surface area contributed by atoms with E-state index in [9.17, 15) is 31.2 Å². The number of carbonyl (C=O) groups excluding carboxylic acids is 1. The third-order valence-electron chi connectivity index (χ3n) is 3.95. The molecule has 0 aliphatic carbocycles. The molecule has 0 fully saturated rings. The highest BCUT2D eigenvalue weighted by Gasteiger charge is 2.31. The quantitative estimate of drug-likeness (QED) is 0.403. The van der Waals surface area contributed by atoms with E-state index in [-0.39, 0.29) is 38.5 Å². The Kier molecular flexibility index (Phi) is 8.44. The Bertz CT molecular complexity index is 1150. The molecule has 180 valence electrons. The van der Waals surface area contributed by atoms with E-state index < -0.39 is 46.7 Å². The standard InChI is InChI=1S/C19H17Cl2F3N2O6S/c1-2-33(30,31)26-13-4-10(3-11(5-13)19(22,23)24)9-32-18-14(20)6-12(7-15(18)21)25-16(27)8-17(28)29/h3-7,26H,2,8-9H2,1H3,(H,25,27)(H,28,29). The van der Waals surface area contributed by atoms with E-state index in [0.29, 0.717) is 6.07 Å². The van der Waals surface area contributed by atoms with Crippen LogP contribution in [0.25, 0.3) is 0 Å². The topological polar surface area (TPSA) is 122 Å². The van der Waals surface area contributed by atoms with Gasteiger partial charge in [-0.15, -0.1) is 0 Å². The smallest absolute Gasteiger partial charge is 0.416 e. The number of carbonyl (C=O) groups is 2. The molecule has 2 aromatic rings. The van der Waals surface area contributed by atoms with Crippen LogP contribution in [0, 0.1) is 0 Å². The zero-order chi connectivity index (χ0) is 25.0. The highest BCUT2D eigenvalue weighted by Crippen LogP contribution is 2.37. The van der Waals surface area contributed by atoms with Crippen molar-refractivity contribution in [1.29, 1.82) is 0 Å². The van der Waals surface area contributed by atoms with Crippen LogP contribution in [0.2, 0.25) is 10.0 Å². The van der Waals surface area contributed by atoms with Crippen LogP contribution in [0.3, 0.4) is 0 Å². The zero-order valence-electron chi connectivity index (χ0n) is 16.8. The number of halogens is 5. The number of benzene rings is 2. The predicted octanol–water partition coefficient (Wildman–Crippen LogP) is 4.77. The lowest BCUT2D eigenvalue weighted by Gasteiger charge is -2.15. The molecule has 8 nitrogen and oxygen atoms in total. The van der Waals surface area contributed by atoms with Crippen molar-refractivity contribution in [2.45, 2.75) is 26.1 Å². The van der Waals surface area contributed by atoms with Gasteiger partial charge in [0, 0.05) is 11.4 Å². The van der Waals surface area contributed by atoms with Crippen LogP contribution < -0.4 is 14.8 Å². The van der Waals surface area contributed by atoms with Gasteiger partial charge in [-0.1, -0.05) is 23.2 Å². The molecule has 1 amide bonds. The summed E-state index contributed by atoms with van der Waals surface area (Å²) in [5.41, 5.74) is -1.33. The van der Waals surface area contributed by atoms with E-state index >= 15 is 0 Å². The van der Waals surface area contributed by atoms with Crippen LogP contribution in [-0.2, 0) is 32.4 Å². The van der Waals surface area contributed by atoms with Gasteiger partial charge >= 0.3 is 12.1 Å². The van der Waals surface area contributed by atoms with Gasteiger partial charge in [-0.25, -0.2) is 8.42 Å². The normalized spacial score (nSPS) is 11.7. The minimum Gasteiger partial charge on any atom is -0.486 e. The summed E-state index contributed by atoms with van der Waals surface area (Å²) < 4.78 is 70.8. The summed E-state index contributed by atoms with van der Waals surface area (Å²) in [6.07, 6.45) is -5.53. The Morgan fingerprint density at radius 1 is 1.06 bits per heavy atom.